The summed E-state index contributed by atoms with van der Waals surface area (Å²) < 4.78 is 24.2. The Morgan fingerprint density at radius 2 is 2.30 bits per heavy atom. The topological polar surface area (TPSA) is 20.2 Å². The minimum absolute atomic E-state index is 0.172. The highest BCUT2D eigenvalue weighted by Crippen LogP contribution is 2.37. The quantitative estimate of drug-likeness (QED) is 0.638. The van der Waals surface area contributed by atoms with Crippen molar-refractivity contribution in [1.82, 2.24) is 0 Å². The van der Waals surface area contributed by atoms with E-state index in [-0.39, 0.29) is 11.7 Å². The molecule has 0 amide bonds. The van der Waals surface area contributed by atoms with Crippen molar-refractivity contribution in [3.05, 3.63) is 0 Å². The molecule has 1 aliphatic rings. The molecule has 2 unspecified atom stereocenters. The molecule has 0 aromatic rings. The van der Waals surface area contributed by atoms with Crippen molar-refractivity contribution >= 4 is 11.8 Å². The normalized spacial score (nSPS) is 41.1. The number of alkyl halides is 2. The van der Waals surface area contributed by atoms with Crippen LogP contribution in [0, 0.1) is 5.92 Å². The van der Waals surface area contributed by atoms with Crippen LogP contribution < -0.4 is 0 Å². The van der Waals surface area contributed by atoms with Gasteiger partial charge in [-0.05, 0) is 5.75 Å². The van der Waals surface area contributed by atoms with E-state index in [0.29, 0.717) is 5.75 Å². The van der Waals surface area contributed by atoms with Gasteiger partial charge in [0.2, 0.25) is 0 Å². The molecule has 0 spiro atoms. The van der Waals surface area contributed by atoms with Crippen molar-refractivity contribution < 1.29 is 13.9 Å². The van der Waals surface area contributed by atoms with Gasteiger partial charge >= 0.3 is 0 Å². The number of rotatable bonds is 1. The standard InChI is InChI=1S/C6H10F2OS/c1-4-2-10-3-6(4,9)5(7)8/h4-5,9H,2-3H2,1H3. The smallest absolute Gasteiger partial charge is 0.267 e. The summed E-state index contributed by atoms with van der Waals surface area (Å²) in [5.74, 6) is 0.532. The summed E-state index contributed by atoms with van der Waals surface area (Å²) in [6.07, 6.45) is -2.60. The monoisotopic (exact) mass is 168 g/mol. The van der Waals surface area contributed by atoms with Gasteiger partial charge < -0.3 is 5.11 Å². The van der Waals surface area contributed by atoms with E-state index in [2.05, 4.69) is 0 Å². The zero-order chi connectivity index (χ0) is 7.78. The Labute approximate surface area is 62.8 Å². The van der Waals surface area contributed by atoms with E-state index in [0.717, 1.165) is 0 Å². The highest BCUT2D eigenvalue weighted by atomic mass is 32.2. The van der Waals surface area contributed by atoms with Crippen molar-refractivity contribution in [2.75, 3.05) is 11.5 Å². The molecule has 0 aromatic carbocycles. The lowest BCUT2D eigenvalue weighted by Crippen LogP contribution is -2.42. The maximum Gasteiger partial charge on any atom is 0.267 e. The lowest BCUT2D eigenvalue weighted by molar-refractivity contribution is -0.102. The Morgan fingerprint density at radius 3 is 2.50 bits per heavy atom. The maximum atomic E-state index is 12.1. The molecule has 60 valence electrons. The molecule has 1 aliphatic heterocycles. The summed E-state index contributed by atoms with van der Waals surface area (Å²) in [6.45, 7) is 1.66. The molecule has 0 saturated carbocycles. The van der Waals surface area contributed by atoms with Crippen LogP contribution in [0.15, 0.2) is 0 Å². The average molecular weight is 168 g/mol. The van der Waals surface area contributed by atoms with Crippen molar-refractivity contribution in [3.8, 4) is 0 Å². The second-order valence-corrected chi connectivity index (χ2v) is 3.74. The van der Waals surface area contributed by atoms with Crippen molar-refractivity contribution in [2.24, 2.45) is 5.92 Å². The average Bonchev–Trinajstić information content (AvgIpc) is 2.15. The van der Waals surface area contributed by atoms with E-state index < -0.39 is 12.0 Å². The molecule has 1 saturated heterocycles. The maximum absolute atomic E-state index is 12.1. The van der Waals surface area contributed by atoms with Crippen molar-refractivity contribution in [2.45, 2.75) is 19.0 Å². The lowest BCUT2D eigenvalue weighted by Gasteiger charge is -2.25. The number of hydrogen-bond acceptors (Lipinski definition) is 2. The van der Waals surface area contributed by atoms with Gasteiger partial charge in [0.25, 0.3) is 6.43 Å². The van der Waals surface area contributed by atoms with Gasteiger partial charge in [0.05, 0.1) is 0 Å². The van der Waals surface area contributed by atoms with Gasteiger partial charge in [-0.3, -0.25) is 0 Å². The van der Waals surface area contributed by atoms with Crippen LogP contribution >= 0.6 is 11.8 Å². The first kappa shape index (κ1) is 8.27. The van der Waals surface area contributed by atoms with Crippen LogP contribution in [0.1, 0.15) is 6.92 Å². The largest absolute Gasteiger partial charge is 0.383 e. The number of halogens is 2. The third kappa shape index (κ3) is 1.14. The Balaban J connectivity index is 2.66. The van der Waals surface area contributed by atoms with E-state index in [9.17, 15) is 13.9 Å². The zero-order valence-corrected chi connectivity index (χ0v) is 6.50. The van der Waals surface area contributed by atoms with Crippen LogP contribution in [0.4, 0.5) is 8.78 Å². The van der Waals surface area contributed by atoms with E-state index in [4.69, 9.17) is 0 Å². The molecule has 0 bridgehead atoms. The Bertz CT molecular complexity index is 131. The van der Waals surface area contributed by atoms with Crippen molar-refractivity contribution in [3.63, 3.8) is 0 Å². The summed E-state index contributed by atoms with van der Waals surface area (Å²) >= 11 is 1.39. The fraction of sp³-hybridized carbons (Fsp3) is 1.00. The summed E-state index contributed by atoms with van der Waals surface area (Å²) in [5.41, 5.74) is -1.72. The van der Waals surface area contributed by atoms with Gasteiger partial charge in [0.15, 0.2) is 0 Å². The van der Waals surface area contributed by atoms with Gasteiger partial charge in [-0.15, -0.1) is 0 Å². The van der Waals surface area contributed by atoms with Gasteiger partial charge in [-0.2, -0.15) is 11.8 Å². The fourth-order valence-corrected chi connectivity index (χ4v) is 2.46. The third-order valence-corrected chi connectivity index (χ3v) is 3.33. The Morgan fingerprint density at radius 1 is 1.70 bits per heavy atom. The molecule has 1 heterocycles. The molecule has 10 heavy (non-hydrogen) atoms. The Kier molecular flexibility index (Phi) is 2.20. The first-order chi connectivity index (χ1) is 4.57. The van der Waals surface area contributed by atoms with Crippen LogP contribution in [0.25, 0.3) is 0 Å². The van der Waals surface area contributed by atoms with Gasteiger partial charge in [0.1, 0.15) is 5.60 Å². The third-order valence-electron chi connectivity index (χ3n) is 1.93. The molecule has 0 aliphatic carbocycles. The second-order valence-electron chi connectivity index (χ2n) is 2.71. The van der Waals surface area contributed by atoms with Crippen LogP contribution in [0.3, 0.4) is 0 Å². The fourth-order valence-electron chi connectivity index (χ4n) is 0.964. The zero-order valence-electron chi connectivity index (χ0n) is 5.68. The van der Waals surface area contributed by atoms with Crippen molar-refractivity contribution in [1.29, 1.82) is 0 Å². The van der Waals surface area contributed by atoms with Crippen LogP contribution in [0.5, 0.6) is 0 Å². The number of aliphatic hydroxyl groups is 1. The highest BCUT2D eigenvalue weighted by molar-refractivity contribution is 7.99. The predicted octanol–water partition coefficient (Wildman–Crippen LogP) is 1.37. The number of hydrogen-bond donors (Lipinski definition) is 1. The molecule has 1 fully saturated rings. The molecular weight excluding hydrogens is 158 g/mol. The lowest BCUT2D eigenvalue weighted by atomic mass is 9.93. The highest BCUT2D eigenvalue weighted by Gasteiger charge is 2.46. The predicted molar refractivity (Wildman–Crippen MR) is 37.4 cm³/mol. The molecule has 4 heteroatoms. The molecule has 2 atom stereocenters. The minimum atomic E-state index is -2.60. The molecule has 1 nitrogen and oxygen atoms in total. The number of thioether (sulfide) groups is 1. The van der Waals surface area contributed by atoms with Crippen LogP contribution in [-0.2, 0) is 0 Å². The van der Waals surface area contributed by atoms with E-state index in [1.165, 1.54) is 11.8 Å². The summed E-state index contributed by atoms with van der Waals surface area (Å²) in [6, 6.07) is 0. The van der Waals surface area contributed by atoms with Gasteiger partial charge in [0, 0.05) is 11.7 Å². The second kappa shape index (κ2) is 2.66. The van der Waals surface area contributed by atoms with E-state index in [1.54, 1.807) is 6.92 Å². The first-order valence-corrected chi connectivity index (χ1v) is 4.31. The molecule has 1 N–H and O–H groups in total. The Hall–Kier alpha value is 0.170. The van der Waals surface area contributed by atoms with Crippen LogP contribution in [-0.4, -0.2) is 28.6 Å². The van der Waals surface area contributed by atoms with Gasteiger partial charge in [-0.25, -0.2) is 8.78 Å². The molecule has 1 rings (SSSR count). The molecular formula is C6H10F2OS. The summed E-state index contributed by atoms with van der Waals surface area (Å²) in [7, 11) is 0. The van der Waals surface area contributed by atoms with E-state index in [1.807, 2.05) is 0 Å². The SMILES string of the molecule is CC1CSCC1(O)C(F)F. The molecule has 0 aromatic heterocycles. The minimum Gasteiger partial charge on any atom is -0.383 e. The van der Waals surface area contributed by atoms with Crippen LogP contribution in [0.2, 0.25) is 0 Å². The first-order valence-electron chi connectivity index (χ1n) is 3.15. The summed E-state index contributed by atoms with van der Waals surface area (Å²) in [5, 5.41) is 9.27. The van der Waals surface area contributed by atoms with Gasteiger partial charge in [-0.1, -0.05) is 6.92 Å². The summed E-state index contributed by atoms with van der Waals surface area (Å²) in [4.78, 5) is 0. The molecule has 0 radical (unpaired) electrons. The van der Waals surface area contributed by atoms with E-state index >= 15 is 0 Å².